The van der Waals surface area contributed by atoms with E-state index in [1.165, 1.54) is 35.4 Å². The molecular weight excluding hydrogens is 775 g/mol. The van der Waals surface area contributed by atoms with Crippen molar-refractivity contribution in [2.75, 3.05) is 31.6 Å². The zero-order valence-corrected chi connectivity index (χ0v) is 33.7. The summed E-state index contributed by atoms with van der Waals surface area (Å²) < 4.78 is 15.9. The Bertz CT molecular complexity index is 2070. The minimum absolute atomic E-state index is 0.0118. The van der Waals surface area contributed by atoms with Crippen LogP contribution in [0.15, 0.2) is 97.1 Å². The molecule has 5 atom stereocenters. The number of nitrogens with one attached hydrogen (secondary N) is 5. The normalized spacial score (nSPS) is 18.3. The van der Waals surface area contributed by atoms with E-state index in [1.54, 1.807) is 24.3 Å². The second-order valence-corrected chi connectivity index (χ2v) is 15.0. The molecule has 3 aromatic rings. The zero-order valence-electron chi connectivity index (χ0n) is 33.7. The summed E-state index contributed by atoms with van der Waals surface area (Å²) in [5, 5.41) is 24.9. The number of rotatable bonds is 19. The van der Waals surface area contributed by atoms with Crippen molar-refractivity contribution >= 4 is 41.5 Å². The summed E-state index contributed by atoms with van der Waals surface area (Å²) in [6.45, 7) is 6.59. The maximum Gasteiger partial charge on any atom is 0.514 e. The lowest BCUT2D eigenvalue weighted by Gasteiger charge is -2.32. The SMILES string of the molecule is CC(C)C(NCCNC(=O)OCC1c2ccccc2C2(C)C=CC=CC12)C(=O)N[C@@H](CCCNC(N)=O)C(=O)Nc1ccc(COC(=O)Oc2ccc([N+](=O)[O-])cc2)cc1. The molecule has 0 radical (unpaired) electrons. The van der Waals surface area contributed by atoms with Crippen LogP contribution >= 0.6 is 0 Å². The lowest BCUT2D eigenvalue weighted by atomic mass is 9.72. The van der Waals surface area contributed by atoms with Crippen LogP contribution in [0.4, 0.5) is 25.8 Å². The molecule has 0 heterocycles. The number of alkyl carbamates (subject to hydrolysis) is 1. The standard InChI is InChI=1S/C43H51N7O10/c1-27(2)37(45-23-24-47-41(54)58-26-33-32-9-4-5-10-34(32)43(3)21-7-6-11-35(33)43)39(52)49-36(12-8-22-46-40(44)53)38(51)48-29-15-13-28(14-16-29)25-59-42(55)60-31-19-17-30(18-20-31)50(56)57/h4-7,9-11,13-21,27,33,35-37,45H,8,12,22-26H2,1-3H3,(H,47,54)(H,48,51)(H,49,52)(H3,44,46,53)/t33?,35?,36-,37?,43?/m0/s1. The highest BCUT2D eigenvalue weighted by molar-refractivity contribution is 5.98. The molecule has 0 fully saturated rings. The fourth-order valence-corrected chi connectivity index (χ4v) is 7.37. The molecule has 2 aliphatic carbocycles. The number of primary amides is 1. The van der Waals surface area contributed by atoms with Crippen molar-refractivity contribution in [3.63, 3.8) is 0 Å². The fraction of sp³-hybridized carbons (Fsp3) is 0.372. The van der Waals surface area contributed by atoms with Crippen LogP contribution in [0.5, 0.6) is 5.75 Å². The topological polar surface area (TPSA) is 242 Å². The van der Waals surface area contributed by atoms with Gasteiger partial charge in [0, 0.05) is 54.7 Å². The Hall–Kier alpha value is -6.75. The number of hydrogen-bond donors (Lipinski definition) is 6. The second kappa shape index (κ2) is 20.8. The number of carbonyl (C=O) groups excluding carboxylic acids is 5. The quantitative estimate of drug-likeness (QED) is 0.0297. The Morgan fingerprint density at radius 2 is 1.62 bits per heavy atom. The Kier molecular flexibility index (Phi) is 15.4. The van der Waals surface area contributed by atoms with Gasteiger partial charge in [-0.05, 0) is 59.7 Å². The molecule has 17 nitrogen and oxygen atoms in total. The van der Waals surface area contributed by atoms with Crippen LogP contribution in [0.3, 0.4) is 0 Å². The third-order valence-electron chi connectivity index (χ3n) is 10.5. The van der Waals surface area contributed by atoms with E-state index < -0.39 is 47.1 Å². The molecule has 5 rings (SSSR count). The van der Waals surface area contributed by atoms with Gasteiger partial charge in [-0.3, -0.25) is 19.7 Å². The Morgan fingerprint density at radius 1 is 0.883 bits per heavy atom. The molecule has 0 bridgehead atoms. The number of nitrogens with two attached hydrogens (primary N) is 1. The predicted octanol–water partition coefficient (Wildman–Crippen LogP) is 5.32. The van der Waals surface area contributed by atoms with Gasteiger partial charge in [-0.2, -0.15) is 0 Å². The van der Waals surface area contributed by atoms with E-state index in [2.05, 4.69) is 63.9 Å². The molecule has 5 amide bonds. The summed E-state index contributed by atoms with van der Waals surface area (Å²) in [5.41, 5.74) is 8.25. The number of anilines is 1. The fourth-order valence-electron chi connectivity index (χ4n) is 7.37. The van der Waals surface area contributed by atoms with Gasteiger partial charge in [-0.15, -0.1) is 0 Å². The first-order valence-electron chi connectivity index (χ1n) is 19.7. The lowest BCUT2D eigenvalue weighted by Crippen LogP contribution is -2.54. The molecule has 0 aromatic heterocycles. The van der Waals surface area contributed by atoms with Crippen LogP contribution in [0.25, 0.3) is 0 Å². The minimum atomic E-state index is -1.01. The number of nitro groups is 1. The van der Waals surface area contributed by atoms with E-state index in [4.69, 9.17) is 19.9 Å². The van der Waals surface area contributed by atoms with Gasteiger partial charge in [0.05, 0.1) is 11.0 Å². The van der Waals surface area contributed by atoms with E-state index in [0.717, 1.165) is 0 Å². The lowest BCUT2D eigenvalue weighted by molar-refractivity contribution is -0.384. The van der Waals surface area contributed by atoms with Crippen molar-refractivity contribution in [3.8, 4) is 5.75 Å². The van der Waals surface area contributed by atoms with E-state index in [1.807, 2.05) is 32.1 Å². The van der Waals surface area contributed by atoms with Crippen molar-refractivity contribution in [3.05, 3.63) is 124 Å². The van der Waals surface area contributed by atoms with Crippen molar-refractivity contribution in [1.29, 1.82) is 0 Å². The monoisotopic (exact) mass is 825 g/mol. The highest BCUT2D eigenvalue weighted by Crippen LogP contribution is 2.53. The van der Waals surface area contributed by atoms with Crippen molar-refractivity contribution in [2.24, 2.45) is 17.6 Å². The number of allylic oxidation sites excluding steroid dienone is 4. The molecule has 3 aromatic carbocycles. The van der Waals surface area contributed by atoms with Gasteiger partial charge in [0.25, 0.3) is 5.69 Å². The van der Waals surface area contributed by atoms with Gasteiger partial charge >= 0.3 is 18.3 Å². The average molecular weight is 826 g/mol. The predicted molar refractivity (Wildman–Crippen MR) is 222 cm³/mol. The maximum atomic E-state index is 13.6. The van der Waals surface area contributed by atoms with Gasteiger partial charge < -0.3 is 46.5 Å². The first-order chi connectivity index (χ1) is 28.7. The number of urea groups is 1. The minimum Gasteiger partial charge on any atom is -0.449 e. The zero-order chi connectivity index (χ0) is 43.2. The van der Waals surface area contributed by atoms with Gasteiger partial charge in [-0.25, -0.2) is 14.4 Å². The summed E-state index contributed by atoms with van der Waals surface area (Å²) in [6.07, 6.45) is 7.40. The molecule has 4 unspecified atom stereocenters. The van der Waals surface area contributed by atoms with E-state index in [9.17, 15) is 34.1 Å². The third-order valence-corrected chi connectivity index (χ3v) is 10.5. The Morgan fingerprint density at radius 3 is 2.32 bits per heavy atom. The number of amides is 5. The second-order valence-electron chi connectivity index (χ2n) is 15.0. The average Bonchev–Trinajstić information content (AvgIpc) is 3.48. The number of hydrogen-bond acceptors (Lipinski definition) is 11. The van der Waals surface area contributed by atoms with Crippen molar-refractivity contribution < 1.29 is 43.1 Å². The third kappa shape index (κ3) is 11.9. The Balaban J connectivity index is 1.09. The van der Waals surface area contributed by atoms with Crippen LogP contribution < -0.4 is 37.1 Å². The summed E-state index contributed by atoms with van der Waals surface area (Å²) in [4.78, 5) is 73.5. The molecule has 318 valence electrons. The number of carbonyl (C=O) groups is 5. The van der Waals surface area contributed by atoms with E-state index in [0.29, 0.717) is 17.7 Å². The van der Waals surface area contributed by atoms with Gasteiger partial charge in [0.15, 0.2) is 0 Å². The van der Waals surface area contributed by atoms with Crippen molar-refractivity contribution in [2.45, 2.75) is 63.6 Å². The highest BCUT2D eigenvalue weighted by Gasteiger charge is 2.47. The molecule has 7 N–H and O–H groups in total. The number of benzene rings is 3. The van der Waals surface area contributed by atoms with Crippen LogP contribution in [-0.2, 0) is 31.1 Å². The molecule has 17 heteroatoms. The number of nitrogens with zero attached hydrogens (tertiary/aromatic N) is 1. The maximum absolute atomic E-state index is 13.6. The molecule has 2 aliphatic rings. The summed E-state index contributed by atoms with van der Waals surface area (Å²) >= 11 is 0. The first kappa shape index (κ1) is 44.4. The Labute approximate surface area is 347 Å². The largest absolute Gasteiger partial charge is 0.514 e. The number of non-ortho nitro benzene ring substituents is 1. The molecule has 0 spiro atoms. The van der Waals surface area contributed by atoms with E-state index >= 15 is 0 Å². The number of fused-ring (bicyclic) bond motifs is 3. The van der Waals surface area contributed by atoms with Gasteiger partial charge in [0.1, 0.15) is 25.0 Å². The van der Waals surface area contributed by atoms with Crippen molar-refractivity contribution in [1.82, 2.24) is 21.3 Å². The summed E-state index contributed by atoms with van der Waals surface area (Å²) in [5.74, 6) is -0.873. The smallest absolute Gasteiger partial charge is 0.449 e. The van der Waals surface area contributed by atoms with Crippen LogP contribution in [0.2, 0.25) is 0 Å². The molecule has 0 saturated heterocycles. The summed E-state index contributed by atoms with van der Waals surface area (Å²) in [7, 11) is 0. The molecule has 60 heavy (non-hydrogen) atoms. The molecule has 0 saturated carbocycles. The molecule has 0 aliphatic heterocycles. The van der Waals surface area contributed by atoms with Gasteiger partial charge in [-0.1, -0.05) is 81.5 Å². The molecular formula is C43H51N7O10. The summed E-state index contributed by atoms with van der Waals surface area (Å²) in [6, 6.07) is 17.2. The first-order valence-corrected chi connectivity index (χ1v) is 19.7. The van der Waals surface area contributed by atoms with Gasteiger partial charge in [0.2, 0.25) is 11.8 Å². The highest BCUT2D eigenvalue weighted by atomic mass is 16.7. The van der Waals surface area contributed by atoms with Crippen LogP contribution in [-0.4, -0.2) is 73.3 Å². The van der Waals surface area contributed by atoms with Crippen LogP contribution in [0.1, 0.15) is 56.2 Å². The van der Waals surface area contributed by atoms with Crippen LogP contribution in [0, 0.1) is 22.0 Å². The number of nitro benzene ring substituents is 1. The number of ether oxygens (including phenoxy) is 3. The van der Waals surface area contributed by atoms with E-state index in [-0.39, 0.29) is 73.9 Å².